The average molecular weight is 346 g/mol. The van der Waals surface area contributed by atoms with E-state index >= 15 is 0 Å². The highest BCUT2D eigenvalue weighted by Crippen LogP contribution is 2.29. The van der Waals surface area contributed by atoms with Crippen molar-refractivity contribution in [3.63, 3.8) is 0 Å². The quantitative estimate of drug-likeness (QED) is 0.667. The van der Waals surface area contributed by atoms with E-state index in [0.717, 1.165) is 31.0 Å². The van der Waals surface area contributed by atoms with E-state index in [0.29, 0.717) is 0 Å². The minimum atomic E-state index is -3.98. The molecule has 7 heteroatoms. The maximum Gasteiger partial charge on any atom is 0.309 e. The van der Waals surface area contributed by atoms with Crippen LogP contribution in [0, 0.1) is 5.21 Å². The lowest BCUT2D eigenvalue weighted by Crippen LogP contribution is -2.39. The van der Waals surface area contributed by atoms with Crippen LogP contribution in [0.5, 0.6) is 0 Å². The van der Waals surface area contributed by atoms with Gasteiger partial charge in [-0.1, -0.05) is 24.3 Å². The van der Waals surface area contributed by atoms with Crippen LogP contribution in [0.15, 0.2) is 53.7 Å². The molecule has 1 aliphatic rings. The van der Waals surface area contributed by atoms with E-state index in [1.165, 1.54) is 23.8 Å². The molecule has 0 bridgehead atoms. The van der Waals surface area contributed by atoms with Crippen molar-refractivity contribution >= 4 is 15.7 Å². The second-order valence-electron chi connectivity index (χ2n) is 5.83. The lowest BCUT2D eigenvalue weighted by atomic mass is 9.88. The van der Waals surface area contributed by atoms with Crippen LogP contribution in [-0.4, -0.2) is 20.1 Å². The van der Waals surface area contributed by atoms with Gasteiger partial charge in [0.05, 0.1) is 6.04 Å². The third-order valence-corrected chi connectivity index (χ3v) is 5.73. The molecule has 1 aromatic heterocycles. The van der Waals surface area contributed by atoms with Crippen molar-refractivity contribution in [1.82, 2.24) is 5.32 Å². The molecular weight excluding hydrogens is 328 g/mol. The molecular formula is C17H18N2O4S. The molecule has 0 aliphatic heterocycles. The van der Waals surface area contributed by atoms with Crippen LogP contribution in [0.4, 0.5) is 0 Å². The topological polar surface area (TPSA) is 90.2 Å². The first kappa shape index (κ1) is 16.4. The predicted octanol–water partition coefficient (Wildman–Crippen LogP) is 1.29. The Morgan fingerprint density at radius 1 is 1.21 bits per heavy atom. The highest BCUT2D eigenvalue weighted by molar-refractivity contribution is 7.91. The number of sulfone groups is 1. The van der Waals surface area contributed by atoms with Gasteiger partial charge in [-0.25, -0.2) is 8.42 Å². The van der Waals surface area contributed by atoms with Crippen molar-refractivity contribution in [2.24, 2.45) is 0 Å². The Balaban J connectivity index is 1.74. The number of amides is 1. The van der Waals surface area contributed by atoms with Crippen LogP contribution in [0.1, 0.15) is 30.0 Å². The molecule has 0 saturated heterocycles. The van der Waals surface area contributed by atoms with E-state index in [9.17, 15) is 18.4 Å². The van der Waals surface area contributed by atoms with Crippen molar-refractivity contribution in [3.05, 3.63) is 65.0 Å². The second kappa shape index (κ2) is 6.60. The maximum absolute atomic E-state index is 12.3. The Morgan fingerprint density at radius 2 is 1.96 bits per heavy atom. The van der Waals surface area contributed by atoms with Gasteiger partial charge in [0.25, 0.3) is 0 Å². The summed E-state index contributed by atoms with van der Waals surface area (Å²) in [5, 5.41) is 14.0. The first-order chi connectivity index (χ1) is 11.5. The number of nitrogens with one attached hydrogen (secondary N) is 1. The Bertz CT molecular complexity index is 864. The van der Waals surface area contributed by atoms with E-state index in [1.807, 2.05) is 24.3 Å². The number of pyridine rings is 1. The summed E-state index contributed by atoms with van der Waals surface area (Å²) in [4.78, 5) is 12.2. The van der Waals surface area contributed by atoms with Crippen molar-refractivity contribution in [2.45, 2.75) is 30.3 Å². The zero-order valence-electron chi connectivity index (χ0n) is 13.0. The van der Waals surface area contributed by atoms with Crippen LogP contribution < -0.4 is 10.0 Å². The molecule has 1 heterocycles. The molecule has 1 atom stereocenters. The van der Waals surface area contributed by atoms with Gasteiger partial charge in [-0.05, 0) is 36.5 Å². The van der Waals surface area contributed by atoms with Crippen molar-refractivity contribution in [2.75, 3.05) is 5.75 Å². The van der Waals surface area contributed by atoms with Crippen LogP contribution in [0.25, 0.3) is 0 Å². The fourth-order valence-corrected chi connectivity index (χ4v) is 4.24. The Hall–Kier alpha value is -2.41. The number of hydrogen-bond acceptors (Lipinski definition) is 4. The highest BCUT2D eigenvalue weighted by Gasteiger charge is 2.29. The zero-order chi connectivity index (χ0) is 17.2. The first-order valence-corrected chi connectivity index (χ1v) is 9.41. The number of carbonyl (C=O) groups excluding carboxylic acids is 1. The van der Waals surface area contributed by atoms with Gasteiger partial charge in [0.15, 0.2) is 6.20 Å². The summed E-state index contributed by atoms with van der Waals surface area (Å²) in [7, 11) is -3.98. The largest absolute Gasteiger partial charge is 0.618 e. The number of aryl methyl sites for hydroxylation is 1. The van der Waals surface area contributed by atoms with Gasteiger partial charge in [-0.3, -0.25) is 4.79 Å². The molecule has 1 amide bonds. The number of aromatic nitrogens is 1. The molecule has 24 heavy (non-hydrogen) atoms. The first-order valence-electron chi connectivity index (χ1n) is 7.75. The molecule has 6 nitrogen and oxygen atoms in total. The number of nitrogens with zero attached hydrogens (tertiary/aromatic N) is 1. The summed E-state index contributed by atoms with van der Waals surface area (Å²) in [6, 6.07) is 11.7. The molecule has 0 unspecified atom stereocenters. The molecule has 0 fully saturated rings. The molecule has 1 N–H and O–H groups in total. The molecule has 1 aliphatic carbocycles. The van der Waals surface area contributed by atoms with Crippen molar-refractivity contribution in [3.8, 4) is 0 Å². The molecule has 126 valence electrons. The Kier molecular flexibility index (Phi) is 4.53. The maximum atomic E-state index is 12.3. The molecule has 0 spiro atoms. The van der Waals surface area contributed by atoms with Crippen molar-refractivity contribution < 1.29 is 17.9 Å². The van der Waals surface area contributed by atoms with Gasteiger partial charge in [0.2, 0.25) is 15.7 Å². The minimum Gasteiger partial charge on any atom is -0.618 e. The van der Waals surface area contributed by atoms with E-state index in [2.05, 4.69) is 5.32 Å². The highest BCUT2D eigenvalue weighted by atomic mass is 32.2. The van der Waals surface area contributed by atoms with Gasteiger partial charge < -0.3 is 10.5 Å². The van der Waals surface area contributed by atoms with Crippen LogP contribution in [0.2, 0.25) is 0 Å². The lowest BCUT2D eigenvalue weighted by Gasteiger charge is -2.26. The molecule has 3 rings (SSSR count). The normalized spacial score (nSPS) is 17.1. The standard InChI is InChI=1S/C17H18N2O4S/c20-16(12-24(22,23)17-10-3-4-11-19(17)21)18-15-9-5-7-13-6-1-2-8-14(13)15/h1-4,6,8,10-11,15H,5,7,9,12H2,(H,18,20)/t15-/m1/s1. The lowest BCUT2D eigenvalue weighted by molar-refractivity contribution is -0.646. The fourth-order valence-electron chi connectivity index (χ4n) is 3.04. The fraction of sp³-hybridized carbons (Fsp3) is 0.294. The smallest absolute Gasteiger partial charge is 0.309 e. The van der Waals surface area contributed by atoms with E-state index in [4.69, 9.17) is 0 Å². The van der Waals surface area contributed by atoms with Gasteiger partial charge in [0, 0.05) is 12.1 Å². The van der Waals surface area contributed by atoms with Crippen LogP contribution in [-0.2, 0) is 21.1 Å². The van der Waals surface area contributed by atoms with E-state index in [1.54, 1.807) is 0 Å². The van der Waals surface area contributed by atoms with Crippen LogP contribution >= 0.6 is 0 Å². The summed E-state index contributed by atoms with van der Waals surface area (Å²) in [6.45, 7) is 0. The number of fused-ring (bicyclic) bond motifs is 1. The molecule has 1 aromatic carbocycles. The number of rotatable bonds is 4. The molecule has 0 saturated carbocycles. The van der Waals surface area contributed by atoms with Gasteiger partial charge in [0.1, 0.15) is 5.75 Å². The molecule has 0 radical (unpaired) electrons. The van der Waals surface area contributed by atoms with Gasteiger partial charge >= 0.3 is 5.03 Å². The van der Waals surface area contributed by atoms with Gasteiger partial charge in [-0.15, -0.1) is 0 Å². The van der Waals surface area contributed by atoms with E-state index < -0.39 is 26.5 Å². The third kappa shape index (κ3) is 3.41. The minimum absolute atomic E-state index is 0.187. The Morgan fingerprint density at radius 3 is 2.75 bits per heavy atom. The average Bonchev–Trinajstić information content (AvgIpc) is 2.55. The van der Waals surface area contributed by atoms with Crippen molar-refractivity contribution in [1.29, 1.82) is 0 Å². The molecule has 2 aromatic rings. The van der Waals surface area contributed by atoms with E-state index in [-0.39, 0.29) is 10.8 Å². The number of benzene rings is 1. The Labute approximate surface area is 140 Å². The predicted molar refractivity (Wildman–Crippen MR) is 87.7 cm³/mol. The van der Waals surface area contributed by atoms with Crippen LogP contribution in [0.3, 0.4) is 0 Å². The second-order valence-corrected chi connectivity index (χ2v) is 7.77. The SMILES string of the molecule is O=C(CS(=O)(=O)c1cccc[n+]1[O-])N[C@@H]1CCCc2ccccc21. The summed E-state index contributed by atoms with van der Waals surface area (Å²) < 4.78 is 24.8. The number of hydrogen-bond donors (Lipinski definition) is 1. The summed E-state index contributed by atoms with van der Waals surface area (Å²) in [5.41, 5.74) is 2.21. The van der Waals surface area contributed by atoms with Gasteiger partial charge in [-0.2, -0.15) is 4.73 Å². The monoisotopic (exact) mass is 346 g/mol. The third-order valence-electron chi connectivity index (χ3n) is 4.13. The zero-order valence-corrected chi connectivity index (χ0v) is 13.8. The number of carbonyl (C=O) groups is 1. The summed E-state index contributed by atoms with van der Waals surface area (Å²) in [6.07, 6.45) is 3.77. The summed E-state index contributed by atoms with van der Waals surface area (Å²) in [5.74, 6) is -1.33. The summed E-state index contributed by atoms with van der Waals surface area (Å²) >= 11 is 0.